The summed E-state index contributed by atoms with van der Waals surface area (Å²) in [6, 6.07) is 0. The average Bonchev–Trinajstić information content (AvgIpc) is 2.64. The van der Waals surface area contributed by atoms with Crippen molar-refractivity contribution < 1.29 is 0 Å². The van der Waals surface area contributed by atoms with E-state index in [9.17, 15) is 0 Å². The van der Waals surface area contributed by atoms with E-state index in [-0.39, 0.29) is 0 Å². The summed E-state index contributed by atoms with van der Waals surface area (Å²) in [5.41, 5.74) is 0. The summed E-state index contributed by atoms with van der Waals surface area (Å²) in [4.78, 5) is 0. The van der Waals surface area contributed by atoms with E-state index in [0.29, 0.717) is 0 Å². The van der Waals surface area contributed by atoms with Crippen LogP contribution in [-0.2, 0) is 0 Å². The van der Waals surface area contributed by atoms with Gasteiger partial charge >= 0.3 is 0 Å². The largest absolute Gasteiger partial charge is 0.162 e. The first-order valence-corrected chi connectivity index (χ1v) is 28.3. The predicted octanol–water partition coefficient (Wildman–Crippen LogP) is 19.5. The maximum Gasteiger partial charge on any atom is 0.162 e. The molecule has 0 aliphatic carbocycles. The van der Waals surface area contributed by atoms with Crippen LogP contribution in [0.2, 0.25) is 0 Å². The van der Waals surface area contributed by atoms with Gasteiger partial charge in [-0.25, -0.2) is 0 Å². The Morgan fingerprint density at radius 3 is 0.289 bits per heavy atom. The van der Waals surface area contributed by atoms with Crippen molar-refractivity contribution in [1.82, 2.24) is 0 Å². The molecule has 0 fully saturated rings. The van der Waals surface area contributed by atoms with E-state index < -0.39 is 36.6 Å². The molecule has 0 N–H and O–H groups in total. The second-order valence-corrected chi connectivity index (χ2v) is 54.7. The van der Waals surface area contributed by atoms with Gasteiger partial charge in [-0.2, -0.15) is 0 Å². The zero-order valence-electron chi connectivity index (χ0n) is 15.8. The Balaban J connectivity index is 7.29. The van der Waals surface area contributed by atoms with Gasteiger partial charge in [0.2, 0.25) is 0 Å². The van der Waals surface area contributed by atoms with Crippen LogP contribution in [0.3, 0.4) is 0 Å². The van der Waals surface area contributed by atoms with Gasteiger partial charge in [-0.15, -0.1) is 0 Å². The lowest BCUT2D eigenvalue weighted by Gasteiger charge is -2.60. The zero-order valence-corrected chi connectivity index (χ0v) is 57.1. The molecule has 0 amide bonds. The molecule has 0 radical (unpaired) electrons. The Kier molecular flexibility index (Phi) is 21.6. The molecular formula is C12Br26. The summed E-state index contributed by atoms with van der Waals surface area (Å²) in [5.74, 6) is 0. The normalized spacial score (nSPS) is 17.2. The van der Waals surface area contributed by atoms with Crippen molar-refractivity contribution in [3.05, 3.63) is 0 Å². The first kappa shape index (κ1) is 50.5. The second-order valence-electron chi connectivity index (χ2n) is 6.74. The molecule has 0 bridgehead atoms. The van der Waals surface area contributed by atoms with Crippen molar-refractivity contribution in [2.24, 2.45) is 0 Å². The second kappa shape index (κ2) is 16.3. The van der Waals surface area contributed by atoms with Gasteiger partial charge in [-0.05, 0) is 0 Å². The third-order valence-corrected chi connectivity index (χ3v) is 57.2. The molecule has 0 saturated heterocycles. The Morgan fingerprint density at radius 1 is 0.132 bits per heavy atom. The summed E-state index contributed by atoms with van der Waals surface area (Å²) >= 11 is 99.1. The highest BCUT2D eigenvalue weighted by molar-refractivity contribution is 9.43. The van der Waals surface area contributed by atoms with Crippen LogP contribution in [0.5, 0.6) is 0 Å². The van der Waals surface area contributed by atoms with Crippen molar-refractivity contribution in [3.8, 4) is 0 Å². The summed E-state index contributed by atoms with van der Waals surface area (Å²) in [6.07, 6.45) is 0. The fourth-order valence-corrected chi connectivity index (χ4v) is 26.1. The number of alkyl halides is 26. The van der Waals surface area contributed by atoms with Gasteiger partial charge in [0, 0.05) is 0 Å². The number of hydrogen-bond acceptors (Lipinski definition) is 0. The van der Waals surface area contributed by atoms with Crippen LogP contribution < -0.4 is 0 Å². The van der Waals surface area contributed by atoms with Gasteiger partial charge in [0.05, 0.1) is 0 Å². The fraction of sp³-hybridized carbons (Fsp3) is 1.00. The monoisotopic (exact) mass is 2200 g/mol. The molecule has 38 heavy (non-hydrogen) atoms. The quantitative estimate of drug-likeness (QED) is 0.202. The minimum atomic E-state index is -1.17. The first-order valence-electron chi connectivity index (χ1n) is 7.66. The van der Waals surface area contributed by atoms with Gasteiger partial charge in [0.15, 0.2) is 4.29 Å². The molecule has 0 aromatic heterocycles. The maximum absolute atomic E-state index is 3.93. The molecule has 0 aliphatic heterocycles. The third-order valence-electron chi connectivity index (χ3n) is 4.26. The molecule has 26 heteroatoms. The highest BCUT2D eigenvalue weighted by atomic mass is 80.0. The number of hydrogen-bond donors (Lipinski definition) is 0. The highest BCUT2D eigenvalue weighted by Crippen LogP contribution is 2.81. The molecule has 0 atom stereocenters. The highest BCUT2D eigenvalue weighted by Gasteiger charge is 2.81. The van der Waals surface area contributed by atoms with Gasteiger partial charge in [-0.3, -0.25) is 0 Å². The van der Waals surface area contributed by atoms with Crippen LogP contribution in [0.15, 0.2) is 0 Å². The minimum Gasteiger partial charge on any atom is -0.0675 e. The van der Waals surface area contributed by atoms with E-state index >= 15 is 0 Å². The fourth-order valence-electron chi connectivity index (χ4n) is 1.93. The van der Waals surface area contributed by atoms with Crippen LogP contribution in [0.25, 0.3) is 0 Å². The predicted molar refractivity (Wildman–Crippen MR) is 265 cm³/mol. The van der Waals surface area contributed by atoms with Crippen LogP contribution >= 0.6 is 414 Å². The Labute approximate surface area is 439 Å². The smallest absolute Gasteiger partial charge is 0.0675 e. The number of rotatable bonds is 9. The number of halogens is 26. The van der Waals surface area contributed by atoms with Crippen molar-refractivity contribution in [2.75, 3.05) is 0 Å². The molecule has 0 aromatic rings. The van der Waals surface area contributed by atoms with E-state index in [4.69, 9.17) is 0 Å². The topological polar surface area (TPSA) is 0 Å². The van der Waals surface area contributed by atoms with Gasteiger partial charge in [0.1, 0.15) is 32.3 Å². The average molecular weight is 2220 g/mol. The summed E-state index contributed by atoms with van der Waals surface area (Å²) < 4.78 is -12.6. The molecule has 0 aliphatic rings. The Morgan fingerprint density at radius 2 is 0.211 bits per heavy atom. The molecule has 0 heterocycles. The Hall–Kier alpha value is 12.5. The molecule has 0 saturated carbocycles. The zero-order chi connectivity index (χ0) is 32.0. The first-order chi connectivity index (χ1) is 15.8. The summed E-state index contributed by atoms with van der Waals surface area (Å²) in [6.45, 7) is 0. The van der Waals surface area contributed by atoms with Gasteiger partial charge in [-0.1, -0.05) is 414 Å². The molecular weight excluding hydrogens is 2220 g/mol. The standard InChI is InChI=1S/C12Br26/c13-1(14,3(17,18)5(21,22)7(25,26)9(29,30)11(33,34)35)2(15,16)4(19,20)6(23,24)8(27,28)10(31,32)12(36,37)38. The minimum absolute atomic E-state index is 0.847. The molecule has 0 nitrogen and oxygen atoms in total. The molecule has 0 aromatic carbocycles. The van der Waals surface area contributed by atoms with Crippen molar-refractivity contribution >= 4 is 414 Å². The van der Waals surface area contributed by atoms with Crippen molar-refractivity contribution in [1.29, 1.82) is 0 Å². The lowest BCUT2D eigenvalue weighted by Crippen LogP contribution is -2.71. The summed E-state index contributed by atoms with van der Waals surface area (Å²) in [7, 11) is 0. The maximum atomic E-state index is 3.93. The Bertz CT molecular complexity index is 792. The van der Waals surface area contributed by atoms with Crippen molar-refractivity contribution in [3.63, 3.8) is 0 Å². The van der Waals surface area contributed by atoms with Crippen LogP contribution in [0.4, 0.5) is 0 Å². The lowest BCUT2D eigenvalue weighted by molar-refractivity contribution is 0.549. The molecule has 0 unspecified atom stereocenters. The SMILES string of the molecule is BrC(Br)(Br)C(Br)(Br)C(Br)(Br)C(Br)(Br)C(Br)(Br)C(Br)(Br)C(Br)(Br)C(Br)(Br)C(Br)(Br)C(Br)(Br)C(Br)(Br)C(Br)(Br)Br. The van der Waals surface area contributed by atoms with Crippen LogP contribution in [0, 0.1) is 0 Å². The van der Waals surface area contributed by atoms with E-state index in [1.807, 2.05) is 0 Å². The van der Waals surface area contributed by atoms with Crippen LogP contribution in [-0.4, -0.2) is 36.6 Å². The molecule has 0 spiro atoms. The molecule has 230 valence electrons. The van der Waals surface area contributed by atoms with Crippen LogP contribution in [0.1, 0.15) is 0 Å². The van der Waals surface area contributed by atoms with Crippen molar-refractivity contribution in [2.45, 2.75) is 36.6 Å². The third kappa shape index (κ3) is 8.79. The van der Waals surface area contributed by atoms with E-state index in [2.05, 4.69) is 414 Å². The molecule has 0 rings (SSSR count). The summed E-state index contributed by atoms with van der Waals surface area (Å²) in [5, 5.41) is 0. The van der Waals surface area contributed by atoms with E-state index in [1.54, 1.807) is 0 Å². The van der Waals surface area contributed by atoms with E-state index in [1.165, 1.54) is 0 Å². The van der Waals surface area contributed by atoms with Gasteiger partial charge < -0.3 is 0 Å². The van der Waals surface area contributed by atoms with E-state index in [0.717, 1.165) is 0 Å². The van der Waals surface area contributed by atoms with Gasteiger partial charge in [0.25, 0.3) is 0 Å². The lowest BCUT2D eigenvalue weighted by atomic mass is 10.0.